The highest BCUT2D eigenvalue weighted by Gasteiger charge is 2.34. The van der Waals surface area contributed by atoms with Crippen molar-refractivity contribution in [2.75, 3.05) is 14.2 Å². The van der Waals surface area contributed by atoms with Gasteiger partial charge in [-0.15, -0.1) is 0 Å². The number of amides is 2. The van der Waals surface area contributed by atoms with Crippen LogP contribution in [0.4, 0.5) is 0 Å². The molecule has 0 saturated heterocycles. The normalized spacial score (nSPS) is 14.5. The zero-order valence-corrected chi connectivity index (χ0v) is 18.2. The second-order valence-electron chi connectivity index (χ2n) is 7.20. The summed E-state index contributed by atoms with van der Waals surface area (Å²) in [5, 5.41) is 10.1. The van der Waals surface area contributed by atoms with E-state index in [9.17, 15) is 14.7 Å². The van der Waals surface area contributed by atoms with Crippen LogP contribution in [-0.2, 0) is 11.3 Å². The number of halogens is 1. The molecule has 1 aliphatic heterocycles. The van der Waals surface area contributed by atoms with Crippen LogP contribution >= 0.6 is 11.6 Å². The van der Waals surface area contributed by atoms with Crippen molar-refractivity contribution < 1.29 is 24.2 Å². The highest BCUT2D eigenvalue weighted by atomic mass is 35.5. The van der Waals surface area contributed by atoms with Gasteiger partial charge in [-0.2, -0.15) is 0 Å². The maximum absolute atomic E-state index is 13.4. The first-order valence-electron chi connectivity index (χ1n) is 9.79. The molecule has 6 nitrogen and oxygen atoms in total. The van der Waals surface area contributed by atoms with E-state index >= 15 is 0 Å². The van der Waals surface area contributed by atoms with Crippen LogP contribution in [0.3, 0.4) is 0 Å². The molecule has 0 bridgehead atoms. The molecule has 32 heavy (non-hydrogen) atoms. The minimum absolute atomic E-state index is 0.0962. The summed E-state index contributed by atoms with van der Waals surface area (Å²) in [5.41, 5.74) is 2.67. The number of hydrogen-bond donors (Lipinski definition) is 1. The maximum Gasteiger partial charge on any atom is 0.261 e. The molecule has 0 aliphatic carbocycles. The van der Waals surface area contributed by atoms with E-state index in [1.165, 1.54) is 18.1 Å². The van der Waals surface area contributed by atoms with Crippen LogP contribution in [0.2, 0.25) is 5.02 Å². The van der Waals surface area contributed by atoms with Crippen molar-refractivity contribution >= 4 is 35.1 Å². The minimum Gasteiger partial charge on any atom is -0.503 e. The van der Waals surface area contributed by atoms with E-state index in [1.54, 1.807) is 55.7 Å². The molecular weight excluding hydrogens is 430 g/mol. The van der Waals surface area contributed by atoms with Crippen LogP contribution in [0.25, 0.3) is 11.6 Å². The molecule has 1 heterocycles. The fourth-order valence-electron chi connectivity index (χ4n) is 3.60. The number of imide groups is 1. The Kier molecular flexibility index (Phi) is 5.88. The Morgan fingerprint density at radius 3 is 2.28 bits per heavy atom. The maximum atomic E-state index is 13.4. The number of benzene rings is 3. The van der Waals surface area contributed by atoms with Gasteiger partial charge in [0.15, 0.2) is 11.5 Å². The minimum atomic E-state index is -0.423. The van der Waals surface area contributed by atoms with Gasteiger partial charge in [0.2, 0.25) is 0 Å². The average Bonchev–Trinajstić information content (AvgIpc) is 2.82. The fourth-order valence-corrected chi connectivity index (χ4v) is 3.82. The molecule has 0 saturated carbocycles. The molecule has 0 spiro atoms. The molecule has 3 aromatic carbocycles. The van der Waals surface area contributed by atoms with Gasteiger partial charge < -0.3 is 14.6 Å². The van der Waals surface area contributed by atoms with Crippen molar-refractivity contribution in [3.63, 3.8) is 0 Å². The number of phenolic OH excluding ortho intramolecular Hbond substituents is 1. The number of carbonyl (C=O) groups excluding carboxylic acids is 2. The molecule has 162 valence electrons. The Morgan fingerprint density at radius 2 is 1.62 bits per heavy atom. The summed E-state index contributed by atoms with van der Waals surface area (Å²) in [6.45, 7) is 0.118. The van der Waals surface area contributed by atoms with Gasteiger partial charge in [-0.1, -0.05) is 41.9 Å². The molecule has 1 N–H and O–H groups in total. The van der Waals surface area contributed by atoms with Crippen molar-refractivity contribution in [3.05, 3.63) is 87.9 Å². The number of phenols is 1. The second kappa shape index (κ2) is 8.77. The lowest BCUT2D eigenvalue weighted by atomic mass is 9.91. The first-order chi connectivity index (χ1) is 15.4. The number of carbonyl (C=O) groups is 2. The van der Waals surface area contributed by atoms with E-state index in [1.807, 2.05) is 12.1 Å². The lowest BCUT2D eigenvalue weighted by Crippen LogP contribution is -2.41. The van der Waals surface area contributed by atoms with Gasteiger partial charge in [-0.25, -0.2) is 0 Å². The first-order valence-corrected chi connectivity index (χ1v) is 10.2. The fraction of sp³-hybridized carbons (Fsp3) is 0.120. The van der Waals surface area contributed by atoms with Crippen LogP contribution in [0.5, 0.6) is 17.2 Å². The van der Waals surface area contributed by atoms with Crippen molar-refractivity contribution in [1.82, 2.24) is 4.90 Å². The zero-order valence-electron chi connectivity index (χ0n) is 17.5. The van der Waals surface area contributed by atoms with Gasteiger partial charge in [-0.05, 0) is 53.1 Å². The summed E-state index contributed by atoms with van der Waals surface area (Å²) < 4.78 is 10.3. The molecule has 0 unspecified atom stereocenters. The van der Waals surface area contributed by atoms with Gasteiger partial charge >= 0.3 is 0 Å². The standard InChI is InChI=1S/C25H20ClNO5/c1-31-17-9-7-15(8-10-17)14-27-24(29)19-6-4-3-5-18(19)20(25(27)30)11-16-12-21(26)23(28)22(13-16)32-2/h3-13,28H,14H2,1-2H3/b20-11-. The third kappa shape index (κ3) is 3.92. The Hall–Kier alpha value is -3.77. The first kappa shape index (κ1) is 21.5. The van der Waals surface area contributed by atoms with Crippen molar-refractivity contribution in [3.8, 4) is 17.2 Å². The van der Waals surface area contributed by atoms with Crippen LogP contribution < -0.4 is 9.47 Å². The predicted molar refractivity (Wildman–Crippen MR) is 122 cm³/mol. The van der Waals surface area contributed by atoms with Crippen molar-refractivity contribution in [2.45, 2.75) is 6.54 Å². The summed E-state index contributed by atoms with van der Waals surface area (Å²) in [7, 11) is 2.99. The van der Waals surface area contributed by atoms with E-state index in [-0.39, 0.29) is 29.0 Å². The van der Waals surface area contributed by atoms with E-state index in [2.05, 4.69) is 0 Å². The highest BCUT2D eigenvalue weighted by Crippen LogP contribution is 2.37. The number of aromatic hydroxyl groups is 1. The van der Waals surface area contributed by atoms with Gasteiger partial charge in [0.25, 0.3) is 11.8 Å². The molecule has 4 rings (SSSR count). The van der Waals surface area contributed by atoms with Crippen LogP contribution in [0.1, 0.15) is 27.0 Å². The number of methoxy groups -OCH3 is 2. The summed E-state index contributed by atoms with van der Waals surface area (Å²) in [5.74, 6) is -0.0863. The lowest BCUT2D eigenvalue weighted by molar-refractivity contribution is -0.123. The Bertz CT molecular complexity index is 1230. The number of ether oxygens (including phenoxy) is 2. The van der Waals surface area contributed by atoms with Gasteiger partial charge in [-0.3, -0.25) is 14.5 Å². The monoisotopic (exact) mass is 449 g/mol. The molecular formula is C25H20ClNO5. The van der Waals surface area contributed by atoms with E-state index in [0.29, 0.717) is 28.0 Å². The van der Waals surface area contributed by atoms with E-state index in [4.69, 9.17) is 21.1 Å². The molecule has 7 heteroatoms. The predicted octanol–water partition coefficient (Wildman–Crippen LogP) is 4.79. The smallest absolute Gasteiger partial charge is 0.261 e. The number of fused-ring (bicyclic) bond motifs is 1. The van der Waals surface area contributed by atoms with E-state index in [0.717, 1.165) is 5.56 Å². The summed E-state index contributed by atoms with van der Waals surface area (Å²) >= 11 is 6.12. The third-order valence-corrected chi connectivity index (χ3v) is 5.54. The third-order valence-electron chi connectivity index (χ3n) is 5.25. The highest BCUT2D eigenvalue weighted by molar-refractivity contribution is 6.34. The number of hydrogen-bond acceptors (Lipinski definition) is 5. The van der Waals surface area contributed by atoms with Gasteiger partial charge in [0.1, 0.15) is 5.75 Å². The average molecular weight is 450 g/mol. The zero-order chi connectivity index (χ0) is 22.8. The molecule has 0 radical (unpaired) electrons. The Labute approximate surface area is 190 Å². The molecule has 2 amide bonds. The Morgan fingerprint density at radius 1 is 0.938 bits per heavy atom. The molecule has 1 aliphatic rings. The van der Waals surface area contributed by atoms with Crippen molar-refractivity contribution in [1.29, 1.82) is 0 Å². The topological polar surface area (TPSA) is 76.1 Å². The summed E-state index contributed by atoms with van der Waals surface area (Å²) in [4.78, 5) is 27.8. The second-order valence-corrected chi connectivity index (χ2v) is 7.61. The van der Waals surface area contributed by atoms with Gasteiger partial charge in [0.05, 0.1) is 25.8 Å². The SMILES string of the molecule is COc1ccc(CN2C(=O)/C(=C\c3cc(Cl)c(O)c(OC)c3)c3ccccc3C2=O)cc1. The molecule has 0 atom stereocenters. The van der Waals surface area contributed by atoms with Crippen LogP contribution in [-0.4, -0.2) is 36.0 Å². The van der Waals surface area contributed by atoms with E-state index < -0.39 is 5.91 Å². The number of rotatable bonds is 5. The molecule has 0 aromatic heterocycles. The quantitative estimate of drug-likeness (QED) is 0.448. The van der Waals surface area contributed by atoms with Crippen molar-refractivity contribution in [2.24, 2.45) is 0 Å². The summed E-state index contributed by atoms with van der Waals surface area (Å²) in [6, 6.07) is 17.3. The Balaban J connectivity index is 1.79. The summed E-state index contributed by atoms with van der Waals surface area (Å²) in [6.07, 6.45) is 1.64. The largest absolute Gasteiger partial charge is 0.503 e. The lowest BCUT2D eigenvalue weighted by Gasteiger charge is -2.29. The van der Waals surface area contributed by atoms with Crippen LogP contribution in [0, 0.1) is 0 Å². The molecule has 0 fully saturated rings. The number of nitrogens with zero attached hydrogens (tertiary/aromatic N) is 1. The van der Waals surface area contributed by atoms with Crippen LogP contribution in [0.15, 0.2) is 60.7 Å². The molecule has 3 aromatic rings. The van der Waals surface area contributed by atoms with Gasteiger partial charge in [0, 0.05) is 11.1 Å².